The molecule has 2 aromatic rings. The molecule has 2 aliphatic rings. The number of aromatic amines is 2. The molecule has 132 valence electrons. The molecule has 0 unspecified atom stereocenters. The van der Waals surface area contributed by atoms with E-state index in [1.165, 1.54) is 0 Å². The first kappa shape index (κ1) is 16.0. The van der Waals surface area contributed by atoms with Crippen molar-refractivity contribution in [3.63, 3.8) is 0 Å². The van der Waals surface area contributed by atoms with Crippen molar-refractivity contribution < 1.29 is 9.53 Å². The number of carbonyl (C=O) groups is 1. The zero-order chi connectivity index (χ0) is 17.4. The molecule has 2 fully saturated rings. The molecule has 3 atom stereocenters. The van der Waals surface area contributed by atoms with Gasteiger partial charge in [0.05, 0.1) is 19.6 Å². The van der Waals surface area contributed by atoms with E-state index in [2.05, 4.69) is 15.5 Å². The lowest BCUT2D eigenvalue weighted by Crippen LogP contribution is -2.36. The summed E-state index contributed by atoms with van der Waals surface area (Å²) in [4.78, 5) is 26.6. The van der Waals surface area contributed by atoms with Crippen LogP contribution in [0.2, 0.25) is 0 Å². The number of hydrogen-bond acceptors (Lipinski definition) is 4. The second-order valence-corrected chi connectivity index (χ2v) is 6.79. The van der Waals surface area contributed by atoms with Gasteiger partial charge in [-0.15, -0.1) is 0 Å². The Bertz CT molecular complexity index is 810. The fourth-order valence-electron chi connectivity index (χ4n) is 4.14. The zero-order valence-corrected chi connectivity index (χ0v) is 14.1. The first-order chi connectivity index (χ1) is 12.2. The van der Waals surface area contributed by atoms with Crippen LogP contribution in [0.1, 0.15) is 17.2 Å². The highest BCUT2D eigenvalue weighted by Gasteiger charge is 2.46. The third kappa shape index (κ3) is 2.84. The number of nitrogens with one attached hydrogen (secondary N) is 3. The van der Waals surface area contributed by atoms with Gasteiger partial charge < -0.3 is 20.1 Å². The smallest absolute Gasteiger partial charge is 0.267 e. The summed E-state index contributed by atoms with van der Waals surface area (Å²) in [5, 5.41) is 8.58. The van der Waals surface area contributed by atoms with E-state index in [0.29, 0.717) is 17.4 Å². The standard InChI is InChI=1S/C18H22N4O3/c1-25-14-4-2-11(3-5-14)17-15-9-19-7-13(15)10-22(17)16(23)6-12-8-20-21-18(12)24/h2-5,8,13,15,17,19H,6-7,9-10H2,1H3,(H2,20,21,24)/t13-,15-,17+/m0/s1. The molecule has 25 heavy (non-hydrogen) atoms. The number of ether oxygens (including phenoxy) is 1. The Kier molecular flexibility index (Phi) is 4.09. The van der Waals surface area contributed by atoms with Gasteiger partial charge in [-0.3, -0.25) is 14.7 Å². The Balaban J connectivity index is 1.61. The minimum absolute atomic E-state index is 0.000294. The number of likely N-dealkylation sites (tertiary alicyclic amines) is 1. The van der Waals surface area contributed by atoms with E-state index in [0.717, 1.165) is 30.9 Å². The van der Waals surface area contributed by atoms with Gasteiger partial charge in [0.25, 0.3) is 5.56 Å². The summed E-state index contributed by atoms with van der Waals surface area (Å²) < 4.78 is 5.24. The predicted octanol–water partition coefficient (Wildman–Crippen LogP) is 0.673. The van der Waals surface area contributed by atoms with Crippen LogP contribution >= 0.6 is 0 Å². The molecule has 0 bridgehead atoms. The molecule has 3 N–H and O–H groups in total. The van der Waals surface area contributed by atoms with E-state index in [9.17, 15) is 9.59 Å². The number of aromatic nitrogens is 2. The quantitative estimate of drug-likeness (QED) is 0.762. The van der Waals surface area contributed by atoms with Crippen molar-refractivity contribution in [3.8, 4) is 5.75 Å². The monoisotopic (exact) mass is 342 g/mol. The maximum atomic E-state index is 12.9. The fraction of sp³-hybridized carbons (Fsp3) is 0.444. The zero-order valence-electron chi connectivity index (χ0n) is 14.1. The van der Waals surface area contributed by atoms with Gasteiger partial charge in [-0.1, -0.05) is 12.1 Å². The Morgan fingerprint density at radius 3 is 2.76 bits per heavy atom. The van der Waals surface area contributed by atoms with Crippen molar-refractivity contribution in [2.24, 2.45) is 11.8 Å². The molecule has 3 heterocycles. The molecular formula is C18H22N4O3. The third-order valence-electron chi connectivity index (χ3n) is 5.41. The lowest BCUT2D eigenvalue weighted by Gasteiger charge is -2.28. The molecule has 7 heteroatoms. The van der Waals surface area contributed by atoms with Gasteiger partial charge in [0.1, 0.15) is 5.75 Å². The van der Waals surface area contributed by atoms with Crippen LogP contribution in [0, 0.1) is 11.8 Å². The van der Waals surface area contributed by atoms with E-state index in [1.807, 2.05) is 29.2 Å². The number of carbonyl (C=O) groups excluding carboxylic acids is 1. The van der Waals surface area contributed by atoms with Crippen LogP contribution in [-0.4, -0.2) is 47.7 Å². The summed E-state index contributed by atoms with van der Waals surface area (Å²) in [5.74, 6) is 1.67. The summed E-state index contributed by atoms with van der Waals surface area (Å²) in [5.41, 5.74) is 1.37. The van der Waals surface area contributed by atoms with Gasteiger partial charge in [-0.25, -0.2) is 0 Å². The van der Waals surface area contributed by atoms with Crippen LogP contribution in [0.15, 0.2) is 35.3 Å². The average molecular weight is 342 g/mol. The first-order valence-electron chi connectivity index (χ1n) is 8.56. The molecule has 0 spiro atoms. The SMILES string of the molecule is COc1ccc([C@@H]2[C@H]3CNC[C@H]3CN2C(=O)Cc2c[nH][nH]c2=O)cc1. The van der Waals surface area contributed by atoms with E-state index >= 15 is 0 Å². The molecule has 0 radical (unpaired) electrons. The molecule has 4 rings (SSSR count). The van der Waals surface area contributed by atoms with Crippen molar-refractivity contribution >= 4 is 5.91 Å². The minimum Gasteiger partial charge on any atom is -0.497 e. The summed E-state index contributed by atoms with van der Waals surface area (Å²) in [6.45, 7) is 2.58. The van der Waals surface area contributed by atoms with Crippen LogP contribution in [0.4, 0.5) is 0 Å². The van der Waals surface area contributed by atoms with Crippen LogP contribution in [-0.2, 0) is 11.2 Å². The number of amides is 1. The molecule has 2 saturated heterocycles. The van der Waals surface area contributed by atoms with Crippen LogP contribution in [0.5, 0.6) is 5.75 Å². The van der Waals surface area contributed by atoms with Crippen molar-refractivity contribution in [2.75, 3.05) is 26.7 Å². The maximum absolute atomic E-state index is 12.9. The molecule has 7 nitrogen and oxygen atoms in total. The molecule has 0 saturated carbocycles. The highest BCUT2D eigenvalue weighted by Crippen LogP contribution is 2.43. The molecule has 0 aliphatic carbocycles. The van der Waals surface area contributed by atoms with Crippen molar-refractivity contribution in [1.82, 2.24) is 20.4 Å². The minimum atomic E-state index is -0.226. The fourth-order valence-corrected chi connectivity index (χ4v) is 4.14. The number of methoxy groups -OCH3 is 1. The highest BCUT2D eigenvalue weighted by molar-refractivity contribution is 5.79. The second kappa shape index (κ2) is 6.40. The number of benzene rings is 1. The Hall–Kier alpha value is -2.54. The van der Waals surface area contributed by atoms with E-state index < -0.39 is 0 Å². The van der Waals surface area contributed by atoms with Gasteiger partial charge in [-0.2, -0.15) is 0 Å². The molecule has 1 amide bonds. The van der Waals surface area contributed by atoms with E-state index in [-0.39, 0.29) is 23.9 Å². The molecular weight excluding hydrogens is 320 g/mol. The normalized spacial score (nSPS) is 25.2. The van der Waals surface area contributed by atoms with Crippen molar-refractivity contribution in [2.45, 2.75) is 12.5 Å². The van der Waals surface area contributed by atoms with E-state index in [4.69, 9.17) is 4.74 Å². The molecule has 1 aromatic heterocycles. The lowest BCUT2D eigenvalue weighted by atomic mass is 9.89. The molecule has 2 aliphatic heterocycles. The number of fused-ring (bicyclic) bond motifs is 1. The number of nitrogens with zero attached hydrogens (tertiary/aromatic N) is 1. The topological polar surface area (TPSA) is 90.2 Å². The summed E-state index contributed by atoms with van der Waals surface area (Å²) in [6.07, 6.45) is 1.69. The van der Waals surface area contributed by atoms with Crippen LogP contribution < -0.4 is 15.6 Å². The van der Waals surface area contributed by atoms with Gasteiger partial charge in [0.2, 0.25) is 5.91 Å². The Morgan fingerprint density at radius 1 is 1.28 bits per heavy atom. The van der Waals surface area contributed by atoms with Gasteiger partial charge >= 0.3 is 0 Å². The first-order valence-corrected chi connectivity index (χ1v) is 8.56. The second-order valence-electron chi connectivity index (χ2n) is 6.79. The Morgan fingerprint density at radius 2 is 2.08 bits per heavy atom. The van der Waals surface area contributed by atoms with Gasteiger partial charge in [-0.05, 0) is 23.6 Å². The number of H-pyrrole nitrogens is 2. The largest absolute Gasteiger partial charge is 0.497 e. The van der Waals surface area contributed by atoms with Crippen molar-refractivity contribution in [1.29, 1.82) is 0 Å². The van der Waals surface area contributed by atoms with Crippen LogP contribution in [0.25, 0.3) is 0 Å². The van der Waals surface area contributed by atoms with E-state index in [1.54, 1.807) is 13.3 Å². The van der Waals surface area contributed by atoms with Gasteiger partial charge in [0.15, 0.2) is 0 Å². The summed E-state index contributed by atoms with van der Waals surface area (Å²) in [6, 6.07) is 7.98. The van der Waals surface area contributed by atoms with Crippen molar-refractivity contribution in [3.05, 3.63) is 51.9 Å². The highest BCUT2D eigenvalue weighted by atomic mass is 16.5. The average Bonchev–Trinajstić information content (AvgIpc) is 3.31. The van der Waals surface area contributed by atoms with Crippen LogP contribution in [0.3, 0.4) is 0 Å². The predicted molar refractivity (Wildman–Crippen MR) is 92.4 cm³/mol. The molecule has 1 aromatic carbocycles. The summed E-state index contributed by atoms with van der Waals surface area (Å²) >= 11 is 0. The van der Waals surface area contributed by atoms with Gasteiger partial charge in [0, 0.05) is 37.3 Å². The number of rotatable bonds is 4. The maximum Gasteiger partial charge on any atom is 0.267 e. The summed E-state index contributed by atoms with van der Waals surface area (Å²) in [7, 11) is 1.64. The number of hydrogen-bond donors (Lipinski definition) is 3. The third-order valence-corrected chi connectivity index (χ3v) is 5.41. The Labute approximate surface area is 145 Å². The lowest BCUT2D eigenvalue weighted by molar-refractivity contribution is -0.131.